The minimum atomic E-state index is 0.698. The summed E-state index contributed by atoms with van der Waals surface area (Å²) in [5.74, 6) is 0. The van der Waals surface area contributed by atoms with E-state index in [4.69, 9.17) is 17.3 Å². The third-order valence-corrected chi connectivity index (χ3v) is 3.00. The van der Waals surface area contributed by atoms with Gasteiger partial charge in [-0.1, -0.05) is 23.7 Å². The van der Waals surface area contributed by atoms with Gasteiger partial charge in [0.25, 0.3) is 0 Å². The van der Waals surface area contributed by atoms with Gasteiger partial charge in [0.05, 0.1) is 21.7 Å². The maximum atomic E-state index is 6.17. The molecule has 0 saturated heterocycles. The van der Waals surface area contributed by atoms with E-state index in [2.05, 4.69) is 4.98 Å². The molecule has 0 unspecified atom stereocenters. The van der Waals surface area contributed by atoms with Crippen molar-refractivity contribution in [2.24, 2.45) is 0 Å². The van der Waals surface area contributed by atoms with Crippen molar-refractivity contribution in [3.05, 3.63) is 53.8 Å². The first-order valence-corrected chi connectivity index (χ1v) is 5.61. The van der Waals surface area contributed by atoms with Crippen molar-refractivity contribution in [2.45, 2.75) is 0 Å². The molecule has 3 nitrogen and oxygen atoms in total. The number of nitrogens with two attached hydrogens (primary N) is 1. The molecule has 0 aliphatic heterocycles. The van der Waals surface area contributed by atoms with Gasteiger partial charge in [0.15, 0.2) is 0 Å². The molecule has 1 aromatic heterocycles. The standard InChI is InChI=1S/C13H10ClN3/c14-10-3-1-2-4-12(10)17-8-16-11-7-9(15)5-6-13(11)17/h1-8H,15H2. The quantitative estimate of drug-likeness (QED) is 0.667. The summed E-state index contributed by atoms with van der Waals surface area (Å²) >= 11 is 6.17. The summed E-state index contributed by atoms with van der Waals surface area (Å²) in [4.78, 5) is 4.32. The van der Waals surface area contributed by atoms with Gasteiger partial charge in [-0.25, -0.2) is 4.98 Å². The predicted octanol–water partition coefficient (Wildman–Crippen LogP) is 3.26. The molecular weight excluding hydrogens is 234 g/mol. The van der Waals surface area contributed by atoms with E-state index in [0.717, 1.165) is 16.7 Å². The number of halogens is 1. The smallest absolute Gasteiger partial charge is 0.100 e. The molecule has 4 heteroatoms. The number of para-hydroxylation sites is 1. The molecule has 0 fully saturated rings. The zero-order chi connectivity index (χ0) is 11.8. The number of imidazole rings is 1. The molecule has 0 amide bonds. The Morgan fingerprint density at radius 2 is 1.94 bits per heavy atom. The van der Waals surface area contributed by atoms with E-state index < -0.39 is 0 Å². The number of nitrogen functional groups attached to an aromatic ring is 1. The van der Waals surface area contributed by atoms with E-state index in [-0.39, 0.29) is 0 Å². The second-order valence-electron chi connectivity index (χ2n) is 3.81. The number of anilines is 1. The highest BCUT2D eigenvalue weighted by molar-refractivity contribution is 6.32. The third kappa shape index (κ3) is 1.65. The fourth-order valence-electron chi connectivity index (χ4n) is 1.87. The Kier molecular flexibility index (Phi) is 2.27. The molecule has 3 rings (SSSR count). The van der Waals surface area contributed by atoms with Crippen molar-refractivity contribution < 1.29 is 0 Å². The molecule has 0 aliphatic rings. The molecule has 3 aromatic rings. The maximum absolute atomic E-state index is 6.17. The highest BCUT2D eigenvalue weighted by atomic mass is 35.5. The fourth-order valence-corrected chi connectivity index (χ4v) is 2.10. The Balaban J connectivity index is 2.29. The molecule has 0 bridgehead atoms. The molecule has 0 aliphatic carbocycles. The minimum absolute atomic E-state index is 0.698. The number of nitrogens with zero attached hydrogens (tertiary/aromatic N) is 2. The second kappa shape index (κ2) is 3.79. The Morgan fingerprint density at radius 3 is 2.76 bits per heavy atom. The molecule has 0 radical (unpaired) electrons. The van der Waals surface area contributed by atoms with Gasteiger partial charge < -0.3 is 5.73 Å². The molecule has 2 aromatic carbocycles. The summed E-state index contributed by atoms with van der Waals surface area (Å²) in [6, 6.07) is 13.3. The molecule has 17 heavy (non-hydrogen) atoms. The number of hydrogen-bond donors (Lipinski definition) is 1. The Hall–Kier alpha value is -2.00. The average Bonchev–Trinajstić information content (AvgIpc) is 2.72. The highest BCUT2D eigenvalue weighted by Gasteiger charge is 2.07. The number of benzene rings is 2. The molecule has 1 heterocycles. The summed E-state index contributed by atoms with van der Waals surface area (Å²) in [5.41, 5.74) is 9.21. The van der Waals surface area contributed by atoms with Crippen LogP contribution in [0.3, 0.4) is 0 Å². The van der Waals surface area contributed by atoms with Gasteiger partial charge in [0, 0.05) is 5.69 Å². The van der Waals surface area contributed by atoms with Crippen LogP contribution in [0.4, 0.5) is 5.69 Å². The molecule has 2 N–H and O–H groups in total. The van der Waals surface area contributed by atoms with Crippen molar-refractivity contribution >= 4 is 28.3 Å². The summed E-state index contributed by atoms with van der Waals surface area (Å²) in [7, 11) is 0. The monoisotopic (exact) mass is 243 g/mol. The zero-order valence-electron chi connectivity index (χ0n) is 8.97. The van der Waals surface area contributed by atoms with Crippen LogP contribution in [0, 0.1) is 0 Å². The lowest BCUT2D eigenvalue weighted by Crippen LogP contribution is -1.92. The Labute approximate surface area is 103 Å². The SMILES string of the molecule is Nc1ccc2c(c1)ncn2-c1ccccc1Cl. The first kappa shape index (κ1) is 10.2. The summed E-state index contributed by atoms with van der Waals surface area (Å²) in [5, 5.41) is 0.698. The molecule has 0 saturated carbocycles. The Morgan fingerprint density at radius 1 is 1.12 bits per heavy atom. The number of fused-ring (bicyclic) bond motifs is 1. The van der Waals surface area contributed by atoms with Crippen molar-refractivity contribution in [1.29, 1.82) is 0 Å². The van der Waals surface area contributed by atoms with Crippen LogP contribution in [0.15, 0.2) is 48.8 Å². The van der Waals surface area contributed by atoms with Gasteiger partial charge in [-0.3, -0.25) is 4.57 Å². The van der Waals surface area contributed by atoms with Crippen LogP contribution in [0.2, 0.25) is 5.02 Å². The largest absolute Gasteiger partial charge is 0.399 e. The average molecular weight is 244 g/mol. The van der Waals surface area contributed by atoms with Gasteiger partial charge >= 0.3 is 0 Å². The minimum Gasteiger partial charge on any atom is -0.399 e. The highest BCUT2D eigenvalue weighted by Crippen LogP contribution is 2.25. The van der Waals surface area contributed by atoms with Crippen LogP contribution in [-0.4, -0.2) is 9.55 Å². The molecule has 84 valence electrons. The van der Waals surface area contributed by atoms with E-state index in [9.17, 15) is 0 Å². The van der Waals surface area contributed by atoms with Crippen LogP contribution in [0.1, 0.15) is 0 Å². The summed E-state index contributed by atoms with van der Waals surface area (Å²) in [6.07, 6.45) is 1.76. The second-order valence-corrected chi connectivity index (χ2v) is 4.22. The number of aromatic nitrogens is 2. The van der Waals surface area contributed by atoms with Crippen LogP contribution in [-0.2, 0) is 0 Å². The van der Waals surface area contributed by atoms with Gasteiger partial charge in [0.1, 0.15) is 6.33 Å². The van der Waals surface area contributed by atoms with Crippen molar-refractivity contribution in [3.63, 3.8) is 0 Å². The van der Waals surface area contributed by atoms with E-state index >= 15 is 0 Å². The van der Waals surface area contributed by atoms with Gasteiger partial charge in [-0.05, 0) is 30.3 Å². The van der Waals surface area contributed by atoms with Crippen molar-refractivity contribution in [2.75, 3.05) is 5.73 Å². The first-order valence-electron chi connectivity index (χ1n) is 5.23. The lowest BCUT2D eigenvalue weighted by Gasteiger charge is -2.06. The van der Waals surface area contributed by atoms with Gasteiger partial charge in [-0.15, -0.1) is 0 Å². The van der Waals surface area contributed by atoms with Crippen LogP contribution >= 0.6 is 11.6 Å². The lowest BCUT2D eigenvalue weighted by atomic mass is 10.2. The topological polar surface area (TPSA) is 43.8 Å². The normalized spacial score (nSPS) is 10.9. The predicted molar refractivity (Wildman–Crippen MR) is 70.5 cm³/mol. The van der Waals surface area contributed by atoms with Gasteiger partial charge in [0.2, 0.25) is 0 Å². The van der Waals surface area contributed by atoms with Crippen LogP contribution < -0.4 is 5.73 Å². The Bertz CT molecular complexity index is 688. The van der Waals surface area contributed by atoms with Crippen molar-refractivity contribution in [3.8, 4) is 5.69 Å². The third-order valence-electron chi connectivity index (χ3n) is 2.68. The fraction of sp³-hybridized carbons (Fsp3) is 0. The molecule has 0 spiro atoms. The zero-order valence-corrected chi connectivity index (χ0v) is 9.72. The molecule has 0 atom stereocenters. The van der Waals surface area contributed by atoms with E-state index in [0.29, 0.717) is 10.7 Å². The molecular formula is C13H10ClN3. The number of rotatable bonds is 1. The van der Waals surface area contributed by atoms with Gasteiger partial charge in [-0.2, -0.15) is 0 Å². The van der Waals surface area contributed by atoms with E-state index in [1.165, 1.54) is 0 Å². The van der Waals surface area contributed by atoms with E-state index in [1.54, 1.807) is 6.33 Å². The summed E-state index contributed by atoms with van der Waals surface area (Å²) in [6.45, 7) is 0. The van der Waals surface area contributed by atoms with Crippen LogP contribution in [0.5, 0.6) is 0 Å². The first-order chi connectivity index (χ1) is 8.25. The number of hydrogen-bond acceptors (Lipinski definition) is 2. The summed E-state index contributed by atoms with van der Waals surface area (Å²) < 4.78 is 1.96. The van der Waals surface area contributed by atoms with Crippen LogP contribution in [0.25, 0.3) is 16.7 Å². The van der Waals surface area contributed by atoms with E-state index in [1.807, 2.05) is 47.0 Å². The maximum Gasteiger partial charge on any atom is 0.100 e. The van der Waals surface area contributed by atoms with Crippen molar-refractivity contribution in [1.82, 2.24) is 9.55 Å². The lowest BCUT2D eigenvalue weighted by molar-refractivity contribution is 1.09.